The van der Waals surface area contributed by atoms with E-state index in [0.29, 0.717) is 10.9 Å². The molecule has 1 N–H and O–H groups in total. The van der Waals surface area contributed by atoms with Gasteiger partial charge in [0.15, 0.2) is 10.9 Å². The van der Waals surface area contributed by atoms with E-state index < -0.39 is 0 Å². The molecule has 9 heteroatoms. The smallest absolute Gasteiger partial charge is 0.248 e. The van der Waals surface area contributed by atoms with Crippen molar-refractivity contribution in [1.82, 2.24) is 24.7 Å². The monoisotopic (exact) mass is 355 g/mol. The molecule has 3 aromatic heterocycles. The highest BCUT2D eigenvalue weighted by molar-refractivity contribution is 7.15. The van der Waals surface area contributed by atoms with E-state index in [1.54, 1.807) is 17.1 Å². The molecule has 0 aliphatic carbocycles. The minimum atomic E-state index is -0.260. The average Bonchev–Trinajstić information content (AvgIpc) is 3.37. The first-order chi connectivity index (χ1) is 12.2. The first-order valence-electron chi connectivity index (χ1n) is 8.03. The Balaban J connectivity index is 1.55. The van der Waals surface area contributed by atoms with E-state index >= 15 is 0 Å². The number of carbonyl (C=O) groups is 1. The zero-order valence-electron chi connectivity index (χ0n) is 13.7. The molecule has 0 bridgehead atoms. The van der Waals surface area contributed by atoms with Gasteiger partial charge in [-0.05, 0) is 25.8 Å². The van der Waals surface area contributed by atoms with Crippen LogP contribution < -0.4 is 10.2 Å². The van der Waals surface area contributed by atoms with Crippen LogP contribution in [0.5, 0.6) is 0 Å². The van der Waals surface area contributed by atoms with Crippen molar-refractivity contribution in [3.8, 4) is 5.82 Å². The second-order valence-corrected chi connectivity index (χ2v) is 7.04. The molecule has 1 fully saturated rings. The first-order valence-corrected chi connectivity index (χ1v) is 8.84. The second kappa shape index (κ2) is 6.60. The van der Waals surface area contributed by atoms with Crippen LogP contribution in [0.4, 0.5) is 10.9 Å². The molecule has 0 spiro atoms. The van der Waals surface area contributed by atoms with Gasteiger partial charge in [-0.2, -0.15) is 5.10 Å². The van der Waals surface area contributed by atoms with Crippen LogP contribution in [0, 0.1) is 6.92 Å². The van der Waals surface area contributed by atoms with Crippen molar-refractivity contribution < 1.29 is 4.79 Å². The number of rotatable bonds is 4. The second-order valence-electron chi connectivity index (χ2n) is 5.80. The molecule has 4 heterocycles. The third-order valence-electron chi connectivity index (χ3n) is 4.08. The Morgan fingerprint density at radius 3 is 2.96 bits per heavy atom. The molecular weight excluding hydrogens is 338 g/mol. The number of amides is 1. The molecule has 1 aliphatic rings. The number of hydrogen-bond acceptors (Lipinski definition) is 7. The van der Waals surface area contributed by atoms with Crippen molar-refractivity contribution in [3.05, 3.63) is 41.9 Å². The first kappa shape index (κ1) is 15.7. The van der Waals surface area contributed by atoms with Crippen LogP contribution in [-0.2, 0) is 4.79 Å². The van der Waals surface area contributed by atoms with Gasteiger partial charge in [0, 0.05) is 36.1 Å². The number of hydrogen-bond donors (Lipinski definition) is 1. The number of nitrogens with one attached hydrogen (secondary N) is 1. The molecule has 1 aliphatic heterocycles. The predicted molar refractivity (Wildman–Crippen MR) is 95.0 cm³/mol. The molecule has 25 heavy (non-hydrogen) atoms. The third kappa shape index (κ3) is 3.22. The normalized spacial score (nSPS) is 17.0. The van der Waals surface area contributed by atoms with Crippen molar-refractivity contribution in [1.29, 1.82) is 0 Å². The quantitative estimate of drug-likeness (QED) is 0.770. The van der Waals surface area contributed by atoms with Crippen molar-refractivity contribution in [2.45, 2.75) is 25.8 Å². The summed E-state index contributed by atoms with van der Waals surface area (Å²) < 4.78 is 1.68. The van der Waals surface area contributed by atoms with E-state index in [2.05, 4.69) is 25.4 Å². The van der Waals surface area contributed by atoms with Gasteiger partial charge in [-0.1, -0.05) is 0 Å². The van der Waals surface area contributed by atoms with Crippen LogP contribution in [0.2, 0.25) is 0 Å². The Hall–Kier alpha value is -2.81. The summed E-state index contributed by atoms with van der Waals surface area (Å²) in [6.45, 7) is 2.75. The van der Waals surface area contributed by atoms with Gasteiger partial charge in [-0.25, -0.2) is 19.6 Å². The highest BCUT2D eigenvalue weighted by atomic mass is 32.1. The zero-order chi connectivity index (χ0) is 17.2. The van der Waals surface area contributed by atoms with Crippen LogP contribution >= 0.6 is 11.3 Å². The molecule has 0 aromatic carbocycles. The number of nitrogens with zero attached hydrogens (tertiary/aromatic N) is 6. The van der Waals surface area contributed by atoms with Crippen LogP contribution in [0.15, 0.2) is 37.1 Å². The Bertz CT molecular complexity index is 876. The predicted octanol–water partition coefficient (Wildman–Crippen LogP) is 2.03. The molecule has 0 radical (unpaired) electrons. The molecule has 1 saturated heterocycles. The number of carbonyl (C=O) groups excluding carboxylic acids is 1. The summed E-state index contributed by atoms with van der Waals surface area (Å²) in [6.07, 6.45) is 8.51. The van der Waals surface area contributed by atoms with Gasteiger partial charge < -0.3 is 10.2 Å². The molecule has 8 nitrogen and oxygen atoms in total. The summed E-state index contributed by atoms with van der Waals surface area (Å²) in [6, 6.07) is 3.43. The summed E-state index contributed by atoms with van der Waals surface area (Å²) in [5, 5.41) is 7.73. The van der Waals surface area contributed by atoms with Gasteiger partial charge in [0.1, 0.15) is 18.2 Å². The van der Waals surface area contributed by atoms with Crippen LogP contribution in [-0.4, -0.2) is 43.2 Å². The third-order valence-corrected chi connectivity index (χ3v) is 4.91. The van der Waals surface area contributed by atoms with Crippen molar-refractivity contribution in [2.75, 3.05) is 16.8 Å². The SMILES string of the molecule is Cc1cnc(NC(=O)C2CCCN2c2cc(-n3cccn3)ncn2)s1. The highest BCUT2D eigenvalue weighted by Gasteiger charge is 2.32. The summed E-state index contributed by atoms with van der Waals surface area (Å²) >= 11 is 1.47. The lowest BCUT2D eigenvalue weighted by molar-refractivity contribution is -0.117. The van der Waals surface area contributed by atoms with Gasteiger partial charge >= 0.3 is 0 Å². The zero-order valence-corrected chi connectivity index (χ0v) is 14.5. The van der Waals surface area contributed by atoms with Crippen molar-refractivity contribution >= 4 is 28.2 Å². The number of aryl methyl sites for hydroxylation is 1. The molecule has 0 saturated carbocycles. The maximum Gasteiger partial charge on any atom is 0.248 e. The minimum Gasteiger partial charge on any atom is -0.344 e. The number of aromatic nitrogens is 5. The molecule has 4 rings (SSSR count). The molecule has 1 unspecified atom stereocenters. The molecule has 128 valence electrons. The van der Waals surface area contributed by atoms with E-state index in [4.69, 9.17) is 0 Å². The fraction of sp³-hybridized carbons (Fsp3) is 0.312. The summed E-state index contributed by atoms with van der Waals surface area (Å²) in [5.74, 6) is 1.36. The molecule has 3 aromatic rings. The van der Waals surface area contributed by atoms with E-state index in [9.17, 15) is 4.79 Å². The summed E-state index contributed by atoms with van der Waals surface area (Å²) in [7, 11) is 0. The Morgan fingerprint density at radius 2 is 2.20 bits per heavy atom. The van der Waals surface area contributed by atoms with Gasteiger partial charge in [0.25, 0.3) is 0 Å². The minimum absolute atomic E-state index is 0.0499. The van der Waals surface area contributed by atoms with E-state index in [1.165, 1.54) is 17.7 Å². The molecule has 1 atom stereocenters. The van der Waals surface area contributed by atoms with Crippen LogP contribution in [0.25, 0.3) is 5.82 Å². The molecule has 1 amide bonds. The topological polar surface area (TPSA) is 88.8 Å². The fourth-order valence-corrected chi connectivity index (χ4v) is 3.61. The van der Waals surface area contributed by atoms with Gasteiger partial charge in [-0.15, -0.1) is 11.3 Å². The lowest BCUT2D eigenvalue weighted by atomic mass is 10.2. The van der Waals surface area contributed by atoms with E-state index in [1.807, 2.05) is 30.2 Å². The van der Waals surface area contributed by atoms with Crippen molar-refractivity contribution in [3.63, 3.8) is 0 Å². The molecular formula is C16H17N7OS. The maximum atomic E-state index is 12.7. The van der Waals surface area contributed by atoms with E-state index in [-0.39, 0.29) is 11.9 Å². The highest BCUT2D eigenvalue weighted by Crippen LogP contribution is 2.26. The average molecular weight is 355 g/mol. The summed E-state index contributed by atoms with van der Waals surface area (Å²) in [5.41, 5.74) is 0. The van der Waals surface area contributed by atoms with Crippen molar-refractivity contribution in [2.24, 2.45) is 0 Å². The number of anilines is 2. The number of thiazole rings is 1. The van der Waals surface area contributed by atoms with Gasteiger partial charge in [0.2, 0.25) is 5.91 Å². The van der Waals surface area contributed by atoms with Gasteiger partial charge in [0.05, 0.1) is 0 Å². The lowest BCUT2D eigenvalue weighted by Gasteiger charge is -2.24. The largest absolute Gasteiger partial charge is 0.344 e. The Labute approximate surface area is 148 Å². The van der Waals surface area contributed by atoms with Crippen LogP contribution in [0.1, 0.15) is 17.7 Å². The lowest BCUT2D eigenvalue weighted by Crippen LogP contribution is -2.40. The van der Waals surface area contributed by atoms with Crippen LogP contribution in [0.3, 0.4) is 0 Å². The Kier molecular flexibility index (Phi) is 4.14. The standard InChI is InChI=1S/C16H17N7OS/c1-11-9-17-16(25-11)21-15(24)12-4-2-6-22(12)13-8-14(19-10-18-13)23-7-3-5-20-23/h3,5,7-10,12H,2,4,6H2,1H3,(H,17,21,24). The maximum absolute atomic E-state index is 12.7. The van der Waals surface area contributed by atoms with Gasteiger partial charge in [-0.3, -0.25) is 4.79 Å². The summed E-state index contributed by atoms with van der Waals surface area (Å²) in [4.78, 5) is 28.6. The van der Waals surface area contributed by atoms with E-state index in [0.717, 1.165) is 30.1 Å². The fourth-order valence-electron chi connectivity index (χ4n) is 2.94. The Morgan fingerprint density at radius 1 is 1.32 bits per heavy atom.